The van der Waals surface area contributed by atoms with Crippen molar-refractivity contribution in [3.63, 3.8) is 0 Å². The van der Waals surface area contributed by atoms with Gasteiger partial charge in [-0.3, -0.25) is 9.59 Å². The maximum atomic E-state index is 12.8. The van der Waals surface area contributed by atoms with Crippen LogP contribution in [0.4, 0.5) is 10.1 Å². The fourth-order valence-electron chi connectivity index (χ4n) is 2.28. The number of carbonyl (C=O) groups is 2. The summed E-state index contributed by atoms with van der Waals surface area (Å²) in [6.45, 7) is 3.51. The number of rotatable bonds is 7. The summed E-state index contributed by atoms with van der Waals surface area (Å²) in [5.74, 6) is -0.114. The molecule has 25 heavy (non-hydrogen) atoms. The Morgan fingerprint density at radius 1 is 1.16 bits per heavy atom. The summed E-state index contributed by atoms with van der Waals surface area (Å²) in [5.41, 5.74) is 1.57. The molecule has 0 aromatic heterocycles. The Morgan fingerprint density at radius 3 is 2.56 bits per heavy atom. The van der Waals surface area contributed by atoms with Crippen LogP contribution in [0.1, 0.15) is 31.9 Å². The zero-order chi connectivity index (χ0) is 18.2. The zero-order valence-electron chi connectivity index (χ0n) is 14.2. The van der Waals surface area contributed by atoms with E-state index in [0.29, 0.717) is 11.4 Å². The van der Waals surface area contributed by atoms with Crippen LogP contribution in [-0.4, -0.2) is 18.4 Å². The fraction of sp³-hybridized carbons (Fsp3) is 0.263. The second-order valence-corrected chi connectivity index (χ2v) is 5.65. The van der Waals surface area contributed by atoms with E-state index in [1.165, 1.54) is 31.2 Å². The highest BCUT2D eigenvalue weighted by molar-refractivity contribution is 5.88. The summed E-state index contributed by atoms with van der Waals surface area (Å²) in [6, 6.07) is 12.8. The summed E-state index contributed by atoms with van der Waals surface area (Å²) < 4.78 is 18.2. The van der Waals surface area contributed by atoms with E-state index >= 15 is 0 Å². The van der Waals surface area contributed by atoms with E-state index in [1.54, 1.807) is 6.07 Å². The molecule has 0 aliphatic heterocycles. The quantitative estimate of drug-likeness (QED) is 0.809. The molecule has 0 spiro atoms. The average Bonchev–Trinajstić information content (AvgIpc) is 2.56. The third-order valence-corrected chi connectivity index (χ3v) is 3.50. The van der Waals surface area contributed by atoms with Gasteiger partial charge in [-0.05, 0) is 48.9 Å². The van der Waals surface area contributed by atoms with Gasteiger partial charge in [-0.15, -0.1) is 0 Å². The van der Waals surface area contributed by atoms with Crippen molar-refractivity contribution in [1.29, 1.82) is 0 Å². The lowest BCUT2D eigenvalue weighted by molar-refractivity contribution is -0.122. The first-order valence-corrected chi connectivity index (χ1v) is 7.99. The molecule has 6 heteroatoms. The van der Waals surface area contributed by atoms with E-state index in [1.807, 2.05) is 25.1 Å². The molecular weight excluding hydrogens is 323 g/mol. The predicted molar refractivity (Wildman–Crippen MR) is 93.8 cm³/mol. The van der Waals surface area contributed by atoms with Crippen LogP contribution in [-0.2, 0) is 9.59 Å². The van der Waals surface area contributed by atoms with Gasteiger partial charge in [0, 0.05) is 12.6 Å². The van der Waals surface area contributed by atoms with Gasteiger partial charge in [0.1, 0.15) is 11.6 Å². The van der Waals surface area contributed by atoms with Crippen molar-refractivity contribution in [3.8, 4) is 5.75 Å². The summed E-state index contributed by atoms with van der Waals surface area (Å²) in [5, 5.41) is 5.59. The van der Waals surface area contributed by atoms with Gasteiger partial charge in [-0.2, -0.15) is 0 Å². The standard InChI is InChI=1S/C19H21FN2O3/c1-13(15-4-3-5-17(12-15)22-14(2)23)21-19(24)10-11-25-18-8-6-16(20)7-9-18/h3-9,12-13H,10-11H2,1-2H3,(H,21,24)(H,22,23). The minimum atomic E-state index is -0.333. The Kier molecular flexibility index (Phi) is 6.51. The van der Waals surface area contributed by atoms with E-state index in [9.17, 15) is 14.0 Å². The maximum absolute atomic E-state index is 12.8. The number of hydrogen-bond donors (Lipinski definition) is 2. The fourth-order valence-corrected chi connectivity index (χ4v) is 2.28. The van der Waals surface area contributed by atoms with Crippen molar-refractivity contribution in [2.24, 2.45) is 0 Å². The van der Waals surface area contributed by atoms with Crippen LogP contribution in [0.3, 0.4) is 0 Å². The molecule has 0 aliphatic rings. The third-order valence-electron chi connectivity index (χ3n) is 3.50. The van der Waals surface area contributed by atoms with Gasteiger partial charge in [0.05, 0.1) is 19.1 Å². The molecule has 1 atom stereocenters. The molecule has 5 nitrogen and oxygen atoms in total. The van der Waals surface area contributed by atoms with E-state index in [2.05, 4.69) is 10.6 Å². The molecule has 2 N–H and O–H groups in total. The highest BCUT2D eigenvalue weighted by atomic mass is 19.1. The predicted octanol–water partition coefficient (Wildman–Crippen LogP) is 3.43. The van der Waals surface area contributed by atoms with Crippen molar-refractivity contribution >= 4 is 17.5 Å². The lowest BCUT2D eigenvalue weighted by Gasteiger charge is -2.15. The number of anilines is 1. The number of carbonyl (C=O) groups excluding carboxylic acids is 2. The second-order valence-electron chi connectivity index (χ2n) is 5.65. The van der Waals surface area contributed by atoms with Crippen molar-refractivity contribution in [2.75, 3.05) is 11.9 Å². The number of amides is 2. The van der Waals surface area contributed by atoms with Crippen molar-refractivity contribution in [2.45, 2.75) is 26.3 Å². The van der Waals surface area contributed by atoms with E-state index in [4.69, 9.17) is 4.74 Å². The van der Waals surface area contributed by atoms with Gasteiger partial charge >= 0.3 is 0 Å². The van der Waals surface area contributed by atoms with E-state index in [0.717, 1.165) is 5.56 Å². The van der Waals surface area contributed by atoms with Gasteiger partial charge < -0.3 is 15.4 Å². The van der Waals surface area contributed by atoms with Gasteiger partial charge in [-0.1, -0.05) is 12.1 Å². The number of halogens is 1. The lowest BCUT2D eigenvalue weighted by Crippen LogP contribution is -2.27. The normalized spacial score (nSPS) is 11.5. The number of nitrogens with one attached hydrogen (secondary N) is 2. The smallest absolute Gasteiger partial charge is 0.223 e. The Bertz CT molecular complexity index is 732. The van der Waals surface area contributed by atoms with Gasteiger partial charge in [0.15, 0.2) is 0 Å². The van der Waals surface area contributed by atoms with E-state index in [-0.39, 0.29) is 36.7 Å². The Morgan fingerprint density at radius 2 is 1.88 bits per heavy atom. The molecule has 2 aromatic carbocycles. The topological polar surface area (TPSA) is 67.4 Å². The highest BCUT2D eigenvalue weighted by Gasteiger charge is 2.10. The first-order valence-electron chi connectivity index (χ1n) is 7.99. The summed E-state index contributed by atoms with van der Waals surface area (Å²) >= 11 is 0. The molecule has 0 bridgehead atoms. The highest BCUT2D eigenvalue weighted by Crippen LogP contribution is 2.17. The second kappa shape index (κ2) is 8.82. The zero-order valence-corrected chi connectivity index (χ0v) is 14.2. The molecule has 1 unspecified atom stereocenters. The molecule has 0 fully saturated rings. The molecule has 0 heterocycles. The Balaban J connectivity index is 1.81. The first-order chi connectivity index (χ1) is 11.9. The van der Waals surface area contributed by atoms with Crippen molar-refractivity contribution in [3.05, 3.63) is 59.9 Å². The number of ether oxygens (including phenoxy) is 1. The molecular formula is C19H21FN2O3. The molecule has 132 valence electrons. The molecule has 0 radical (unpaired) electrons. The monoisotopic (exact) mass is 344 g/mol. The maximum Gasteiger partial charge on any atom is 0.223 e. The SMILES string of the molecule is CC(=O)Nc1cccc(C(C)NC(=O)CCOc2ccc(F)cc2)c1. The Labute approximate surface area is 146 Å². The summed E-state index contributed by atoms with van der Waals surface area (Å²) in [7, 11) is 0. The minimum Gasteiger partial charge on any atom is -0.493 e. The molecule has 0 aliphatic carbocycles. The van der Waals surface area contributed by atoms with Crippen LogP contribution in [0.5, 0.6) is 5.75 Å². The van der Waals surface area contributed by atoms with Gasteiger partial charge in [-0.25, -0.2) is 4.39 Å². The molecule has 0 saturated carbocycles. The molecule has 2 rings (SSSR count). The van der Waals surface area contributed by atoms with E-state index < -0.39 is 0 Å². The van der Waals surface area contributed by atoms with Crippen LogP contribution in [0.2, 0.25) is 0 Å². The van der Waals surface area contributed by atoms with Crippen LogP contribution in [0, 0.1) is 5.82 Å². The number of hydrogen-bond acceptors (Lipinski definition) is 3. The van der Waals surface area contributed by atoms with Gasteiger partial charge in [0.2, 0.25) is 11.8 Å². The van der Waals surface area contributed by atoms with Crippen LogP contribution < -0.4 is 15.4 Å². The van der Waals surface area contributed by atoms with Crippen molar-refractivity contribution in [1.82, 2.24) is 5.32 Å². The molecule has 2 aromatic rings. The molecule has 2 amide bonds. The third kappa shape index (κ3) is 6.25. The van der Waals surface area contributed by atoms with Crippen molar-refractivity contribution < 1.29 is 18.7 Å². The first kappa shape index (κ1) is 18.4. The summed E-state index contributed by atoms with van der Waals surface area (Å²) in [4.78, 5) is 23.1. The Hall–Kier alpha value is -2.89. The summed E-state index contributed by atoms with van der Waals surface area (Å²) in [6.07, 6.45) is 0.188. The van der Waals surface area contributed by atoms with Crippen LogP contribution >= 0.6 is 0 Å². The van der Waals surface area contributed by atoms with Gasteiger partial charge in [0.25, 0.3) is 0 Å². The molecule has 0 saturated heterocycles. The minimum absolute atomic E-state index is 0.146. The van der Waals surface area contributed by atoms with Crippen LogP contribution in [0.15, 0.2) is 48.5 Å². The average molecular weight is 344 g/mol. The van der Waals surface area contributed by atoms with Crippen LogP contribution in [0.25, 0.3) is 0 Å². The number of benzene rings is 2. The largest absolute Gasteiger partial charge is 0.493 e. The lowest BCUT2D eigenvalue weighted by atomic mass is 10.1.